The van der Waals surface area contributed by atoms with Gasteiger partial charge in [-0.05, 0) is 28.8 Å². The van der Waals surface area contributed by atoms with Crippen molar-refractivity contribution in [1.82, 2.24) is 0 Å². The molecule has 0 saturated carbocycles. The zero-order valence-electron chi connectivity index (χ0n) is 15.4. The topological polar surface area (TPSA) is 121 Å². The Labute approximate surface area is 153 Å². The molecule has 2 rings (SSSR count). The van der Waals surface area contributed by atoms with E-state index in [1.54, 1.807) is 31.2 Å². The Morgan fingerprint density at radius 2 is 1.54 bits per heavy atom. The van der Waals surface area contributed by atoms with Crippen LogP contribution in [-0.4, -0.2) is 50.0 Å². The molecule has 0 radical (unpaired) electrons. The summed E-state index contributed by atoms with van der Waals surface area (Å²) in [5, 5.41) is 58.9. The zero-order valence-corrected chi connectivity index (χ0v) is 15.4. The summed E-state index contributed by atoms with van der Waals surface area (Å²) in [6.07, 6.45) is 2.52. The van der Waals surface area contributed by atoms with Gasteiger partial charge in [-0.3, -0.25) is 0 Å². The fourth-order valence-corrected chi connectivity index (χ4v) is 3.33. The van der Waals surface area contributed by atoms with Crippen molar-refractivity contribution < 1.29 is 30.6 Å². The number of hydrogen-bond acceptors (Lipinski definition) is 6. The standard InChI is InChI=1S/C20H28O6/c1-19(2,15-4-12(8-21)17(25)13(5-15)9-22)16-6-14(10-23)18(26)20(3,7-16)11-24/h4-7,18,21-26H,8-11H2,1-3H3. The molecular weight excluding hydrogens is 336 g/mol. The van der Waals surface area contributed by atoms with E-state index in [1.165, 1.54) is 0 Å². The van der Waals surface area contributed by atoms with E-state index < -0.39 is 16.9 Å². The first-order valence-corrected chi connectivity index (χ1v) is 8.55. The minimum Gasteiger partial charge on any atom is -0.507 e. The minimum atomic E-state index is -0.988. The fourth-order valence-electron chi connectivity index (χ4n) is 3.33. The molecule has 0 saturated heterocycles. The van der Waals surface area contributed by atoms with Crippen LogP contribution in [0.3, 0.4) is 0 Å². The molecule has 6 nitrogen and oxygen atoms in total. The number of aliphatic hydroxyl groups excluding tert-OH is 5. The predicted octanol–water partition coefficient (Wildman–Crippen LogP) is 0.873. The summed E-state index contributed by atoms with van der Waals surface area (Å²) in [5.41, 5.74) is 1.01. The van der Waals surface area contributed by atoms with E-state index >= 15 is 0 Å². The van der Waals surface area contributed by atoms with E-state index in [9.17, 15) is 30.6 Å². The number of hydrogen-bond donors (Lipinski definition) is 6. The van der Waals surface area contributed by atoms with Crippen LogP contribution in [0.15, 0.2) is 35.4 Å². The van der Waals surface area contributed by atoms with Gasteiger partial charge in [-0.1, -0.05) is 32.9 Å². The van der Waals surface area contributed by atoms with Gasteiger partial charge in [0.2, 0.25) is 0 Å². The highest BCUT2D eigenvalue weighted by atomic mass is 16.3. The smallest absolute Gasteiger partial charge is 0.126 e. The molecule has 6 heteroatoms. The van der Waals surface area contributed by atoms with Crippen molar-refractivity contribution in [3.63, 3.8) is 0 Å². The molecule has 26 heavy (non-hydrogen) atoms. The molecule has 0 amide bonds. The Kier molecular flexibility index (Phi) is 5.95. The fraction of sp³-hybridized carbons (Fsp3) is 0.500. The van der Waals surface area contributed by atoms with Crippen molar-refractivity contribution in [3.05, 3.63) is 52.1 Å². The van der Waals surface area contributed by atoms with Crippen molar-refractivity contribution in [1.29, 1.82) is 0 Å². The monoisotopic (exact) mass is 364 g/mol. The molecule has 0 aromatic heterocycles. The molecule has 2 atom stereocenters. The van der Waals surface area contributed by atoms with Crippen LogP contribution in [0.2, 0.25) is 0 Å². The lowest BCUT2D eigenvalue weighted by molar-refractivity contribution is 0.0418. The third kappa shape index (κ3) is 3.43. The lowest BCUT2D eigenvalue weighted by Crippen LogP contribution is -2.40. The van der Waals surface area contributed by atoms with Gasteiger partial charge in [-0.15, -0.1) is 0 Å². The quantitative estimate of drug-likeness (QED) is 0.446. The second-order valence-corrected chi connectivity index (χ2v) is 7.63. The summed E-state index contributed by atoms with van der Waals surface area (Å²) in [6, 6.07) is 3.34. The van der Waals surface area contributed by atoms with Crippen LogP contribution >= 0.6 is 0 Å². The molecular formula is C20H28O6. The molecule has 1 aliphatic carbocycles. The predicted molar refractivity (Wildman–Crippen MR) is 97.4 cm³/mol. The Hall–Kier alpha value is -1.70. The van der Waals surface area contributed by atoms with E-state index in [2.05, 4.69) is 0 Å². The lowest BCUT2D eigenvalue weighted by Gasteiger charge is -2.39. The van der Waals surface area contributed by atoms with Crippen molar-refractivity contribution in [2.45, 2.75) is 45.5 Å². The average molecular weight is 364 g/mol. The Morgan fingerprint density at radius 3 is 1.96 bits per heavy atom. The van der Waals surface area contributed by atoms with Crippen molar-refractivity contribution >= 4 is 0 Å². The zero-order chi connectivity index (χ0) is 19.7. The van der Waals surface area contributed by atoms with Crippen LogP contribution in [-0.2, 0) is 18.6 Å². The maximum Gasteiger partial charge on any atom is 0.126 e. The van der Waals surface area contributed by atoms with E-state index in [-0.39, 0.29) is 32.2 Å². The highest BCUT2D eigenvalue weighted by Crippen LogP contribution is 2.43. The molecule has 0 aliphatic heterocycles. The highest BCUT2D eigenvalue weighted by Gasteiger charge is 2.39. The number of allylic oxidation sites excluding steroid dienone is 2. The minimum absolute atomic E-state index is 0.130. The summed E-state index contributed by atoms with van der Waals surface area (Å²) < 4.78 is 0. The normalized spacial score (nSPS) is 23.6. The summed E-state index contributed by atoms with van der Waals surface area (Å²) in [5.74, 6) is -0.130. The molecule has 0 bridgehead atoms. The first-order valence-electron chi connectivity index (χ1n) is 8.55. The van der Waals surface area contributed by atoms with Crippen molar-refractivity contribution in [2.24, 2.45) is 5.41 Å². The van der Waals surface area contributed by atoms with Gasteiger partial charge in [-0.2, -0.15) is 0 Å². The van der Waals surface area contributed by atoms with Crippen LogP contribution in [0, 0.1) is 5.41 Å². The Morgan fingerprint density at radius 1 is 1.00 bits per heavy atom. The van der Waals surface area contributed by atoms with E-state index in [1.807, 2.05) is 13.8 Å². The van der Waals surface area contributed by atoms with Gasteiger partial charge in [0.1, 0.15) is 5.75 Å². The maximum absolute atomic E-state index is 10.4. The molecule has 1 aromatic rings. The molecule has 0 fully saturated rings. The van der Waals surface area contributed by atoms with E-state index in [4.69, 9.17) is 0 Å². The highest BCUT2D eigenvalue weighted by molar-refractivity contribution is 5.51. The third-order valence-electron chi connectivity index (χ3n) is 5.38. The third-order valence-corrected chi connectivity index (χ3v) is 5.38. The number of aliphatic hydroxyl groups is 5. The number of phenols is 1. The molecule has 1 aromatic carbocycles. The van der Waals surface area contributed by atoms with Gasteiger partial charge >= 0.3 is 0 Å². The van der Waals surface area contributed by atoms with Crippen LogP contribution in [0.4, 0.5) is 0 Å². The van der Waals surface area contributed by atoms with Gasteiger partial charge < -0.3 is 30.6 Å². The number of benzene rings is 1. The van der Waals surface area contributed by atoms with Crippen molar-refractivity contribution in [3.8, 4) is 5.75 Å². The number of rotatable bonds is 6. The molecule has 0 heterocycles. The van der Waals surface area contributed by atoms with Crippen LogP contribution in [0.5, 0.6) is 5.75 Å². The lowest BCUT2D eigenvalue weighted by atomic mass is 9.68. The molecule has 6 N–H and O–H groups in total. The van der Waals surface area contributed by atoms with Crippen LogP contribution < -0.4 is 0 Å². The molecule has 1 aliphatic rings. The SMILES string of the molecule is CC(C)(C1=CC(C)(CO)C(O)C(CO)=C1)c1cc(CO)c(O)c(CO)c1. The van der Waals surface area contributed by atoms with Crippen molar-refractivity contribution in [2.75, 3.05) is 13.2 Å². The summed E-state index contributed by atoms with van der Waals surface area (Å²) in [4.78, 5) is 0. The second-order valence-electron chi connectivity index (χ2n) is 7.63. The Balaban J connectivity index is 2.63. The van der Waals surface area contributed by atoms with Gasteiger partial charge in [0.15, 0.2) is 0 Å². The largest absolute Gasteiger partial charge is 0.507 e. The summed E-state index contributed by atoms with van der Waals surface area (Å²) in [6.45, 7) is 4.21. The Bertz CT molecular complexity index is 709. The van der Waals surface area contributed by atoms with Crippen LogP contribution in [0.1, 0.15) is 37.5 Å². The first-order chi connectivity index (χ1) is 12.1. The molecule has 2 unspecified atom stereocenters. The molecule has 144 valence electrons. The van der Waals surface area contributed by atoms with Gasteiger partial charge in [0.25, 0.3) is 0 Å². The number of aromatic hydroxyl groups is 1. The maximum atomic E-state index is 10.4. The average Bonchev–Trinajstić information content (AvgIpc) is 2.63. The summed E-state index contributed by atoms with van der Waals surface area (Å²) >= 11 is 0. The van der Waals surface area contributed by atoms with E-state index in [0.29, 0.717) is 16.7 Å². The molecule has 0 spiro atoms. The van der Waals surface area contributed by atoms with Gasteiger partial charge in [-0.25, -0.2) is 0 Å². The van der Waals surface area contributed by atoms with E-state index in [0.717, 1.165) is 11.1 Å². The van der Waals surface area contributed by atoms with Gasteiger partial charge in [0.05, 0.1) is 32.5 Å². The second kappa shape index (κ2) is 7.50. The summed E-state index contributed by atoms with van der Waals surface area (Å²) in [7, 11) is 0. The van der Waals surface area contributed by atoms with Gasteiger partial charge in [0, 0.05) is 22.0 Å². The van der Waals surface area contributed by atoms with Crippen LogP contribution in [0.25, 0.3) is 0 Å². The first kappa shape index (κ1) is 20.6.